The molecule has 3 heteroatoms. The molecule has 98 valence electrons. The number of carbonyl (C=O) groups excluding carboxylic acids is 1. The van der Waals surface area contributed by atoms with Gasteiger partial charge < -0.3 is 11.1 Å². The summed E-state index contributed by atoms with van der Waals surface area (Å²) in [7, 11) is 0. The van der Waals surface area contributed by atoms with E-state index in [1.54, 1.807) is 0 Å². The highest BCUT2D eigenvalue weighted by molar-refractivity contribution is 5.96. The molecule has 0 spiro atoms. The number of amides is 1. The van der Waals surface area contributed by atoms with E-state index >= 15 is 0 Å². The number of anilines is 1. The van der Waals surface area contributed by atoms with Crippen LogP contribution >= 0.6 is 0 Å². The smallest absolute Gasteiger partial charge is 0.231 e. The molecule has 0 atom stereocenters. The molecule has 0 radical (unpaired) electrons. The lowest BCUT2D eigenvalue weighted by Crippen LogP contribution is -2.47. The Labute approximate surface area is 109 Å². The first-order chi connectivity index (χ1) is 8.50. The van der Waals surface area contributed by atoms with Crippen molar-refractivity contribution in [2.45, 2.75) is 40.0 Å². The third kappa shape index (κ3) is 2.03. The van der Waals surface area contributed by atoms with Crippen molar-refractivity contribution in [3.63, 3.8) is 0 Å². The molecule has 0 aromatic heterocycles. The summed E-state index contributed by atoms with van der Waals surface area (Å²) in [6.45, 7) is 6.67. The van der Waals surface area contributed by atoms with Crippen LogP contribution in [0.1, 0.15) is 36.0 Å². The molecule has 0 bridgehead atoms. The van der Waals surface area contributed by atoms with Crippen LogP contribution in [0.25, 0.3) is 0 Å². The van der Waals surface area contributed by atoms with Crippen molar-refractivity contribution in [1.29, 1.82) is 0 Å². The number of nitrogens with one attached hydrogen (secondary N) is 1. The lowest BCUT2D eigenvalue weighted by molar-refractivity contribution is -0.129. The minimum absolute atomic E-state index is 0.0857. The minimum Gasteiger partial charge on any atom is -0.329 e. The molecule has 1 saturated carbocycles. The largest absolute Gasteiger partial charge is 0.329 e. The molecule has 1 aliphatic carbocycles. The van der Waals surface area contributed by atoms with Crippen molar-refractivity contribution in [2.75, 3.05) is 11.9 Å². The predicted molar refractivity (Wildman–Crippen MR) is 74.6 cm³/mol. The summed E-state index contributed by atoms with van der Waals surface area (Å²) in [6.07, 6.45) is 2.94. The average Bonchev–Trinajstić information content (AvgIpc) is 2.29. The molecular weight excluding hydrogens is 224 g/mol. The predicted octanol–water partition coefficient (Wildman–Crippen LogP) is 2.68. The van der Waals surface area contributed by atoms with Crippen LogP contribution in [0.3, 0.4) is 0 Å². The molecule has 0 aliphatic heterocycles. The van der Waals surface area contributed by atoms with Crippen molar-refractivity contribution < 1.29 is 4.79 Å². The summed E-state index contributed by atoms with van der Waals surface area (Å²) in [5.41, 5.74) is 10.00. The summed E-state index contributed by atoms with van der Waals surface area (Å²) >= 11 is 0. The first-order valence-corrected chi connectivity index (χ1v) is 6.58. The van der Waals surface area contributed by atoms with Crippen molar-refractivity contribution in [1.82, 2.24) is 0 Å². The lowest BCUT2D eigenvalue weighted by atomic mass is 9.68. The highest BCUT2D eigenvalue weighted by atomic mass is 16.2. The lowest BCUT2D eigenvalue weighted by Gasteiger charge is -2.39. The Balaban J connectivity index is 2.20. The second-order valence-electron chi connectivity index (χ2n) is 5.47. The van der Waals surface area contributed by atoms with Crippen molar-refractivity contribution in [3.8, 4) is 0 Å². The normalized spacial score (nSPS) is 17.1. The Bertz CT molecular complexity index is 470. The van der Waals surface area contributed by atoms with Gasteiger partial charge >= 0.3 is 0 Å². The van der Waals surface area contributed by atoms with E-state index in [0.717, 1.165) is 30.5 Å². The molecule has 1 amide bonds. The summed E-state index contributed by atoms with van der Waals surface area (Å²) in [6, 6.07) is 4.03. The molecule has 1 aromatic rings. The summed E-state index contributed by atoms with van der Waals surface area (Å²) < 4.78 is 0. The molecule has 2 rings (SSSR count). The fraction of sp³-hybridized carbons (Fsp3) is 0.533. The van der Waals surface area contributed by atoms with E-state index in [-0.39, 0.29) is 11.3 Å². The zero-order valence-corrected chi connectivity index (χ0v) is 11.5. The van der Waals surface area contributed by atoms with Gasteiger partial charge in [0.2, 0.25) is 5.91 Å². The van der Waals surface area contributed by atoms with Crippen LogP contribution in [0.15, 0.2) is 12.1 Å². The average molecular weight is 246 g/mol. The topological polar surface area (TPSA) is 55.1 Å². The Hall–Kier alpha value is -1.35. The molecule has 0 saturated heterocycles. The first kappa shape index (κ1) is 13.1. The van der Waals surface area contributed by atoms with Crippen LogP contribution in [0.2, 0.25) is 0 Å². The van der Waals surface area contributed by atoms with Gasteiger partial charge in [-0.05, 0) is 56.4 Å². The highest BCUT2D eigenvalue weighted by Crippen LogP contribution is 2.41. The molecule has 3 N–H and O–H groups in total. The second kappa shape index (κ2) is 4.73. The van der Waals surface area contributed by atoms with E-state index in [1.807, 2.05) is 19.1 Å². The molecule has 0 unspecified atom stereocenters. The maximum Gasteiger partial charge on any atom is 0.231 e. The SMILES string of the molecule is Cc1ccc(NC(=O)C2(CN)CCC2)c(C)c1C. The number of rotatable bonds is 3. The van der Waals surface area contributed by atoms with Gasteiger partial charge in [0.05, 0.1) is 5.41 Å². The maximum atomic E-state index is 12.3. The van der Waals surface area contributed by atoms with E-state index in [1.165, 1.54) is 11.1 Å². The van der Waals surface area contributed by atoms with Gasteiger partial charge in [-0.25, -0.2) is 0 Å². The van der Waals surface area contributed by atoms with Crippen LogP contribution in [0.4, 0.5) is 5.69 Å². The molecule has 1 fully saturated rings. The van der Waals surface area contributed by atoms with Gasteiger partial charge in [0.1, 0.15) is 0 Å². The summed E-state index contributed by atoms with van der Waals surface area (Å²) in [4.78, 5) is 12.3. The van der Waals surface area contributed by atoms with Crippen LogP contribution in [0, 0.1) is 26.2 Å². The van der Waals surface area contributed by atoms with E-state index in [2.05, 4.69) is 19.2 Å². The molecular formula is C15H22N2O. The highest BCUT2D eigenvalue weighted by Gasteiger charge is 2.42. The Morgan fingerprint density at radius 3 is 2.44 bits per heavy atom. The Morgan fingerprint density at radius 1 is 1.28 bits per heavy atom. The monoisotopic (exact) mass is 246 g/mol. The van der Waals surface area contributed by atoms with E-state index in [4.69, 9.17) is 5.73 Å². The van der Waals surface area contributed by atoms with Crippen molar-refractivity contribution >= 4 is 11.6 Å². The fourth-order valence-electron chi connectivity index (χ4n) is 2.47. The van der Waals surface area contributed by atoms with Crippen LogP contribution < -0.4 is 11.1 Å². The van der Waals surface area contributed by atoms with Gasteiger partial charge in [-0.2, -0.15) is 0 Å². The van der Waals surface area contributed by atoms with Crippen LogP contribution in [0.5, 0.6) is 0 Å². The van der Waals surface area contributed by atoms with Gasteiger partial charge in [0.15, 0.2) is 0 Å². The zero-order valence-electron chi connectivity index (χ0n) is 11.5. The quantitative estimate of drug-likeness (QED) is 0.861. The third-order valence-corrected chi connectivity index (χ3v) is 4.49. The van der Waals surface area contributed by atoms with Gasteiger partial charge in [-0.1, -0.05) is 12.5 Å². The molecule has 1 aromatic carbocycles. The van der Waals surface area contributed by atoms with E-state index in [0.29, 0.717) is 6.54 Å². The van der Waals surface area contributed by atoms with Crippen LogP contribution in [-0.2, 0) is 4.79 Å². The standard InChI is InChI=1S/C15H22N2O/c1-10-5-6-13(12(3)11(10)2)17-14(18)15(9-16)7-4-8-15/h5-6H,4,7-9,16H2,1-3H3,(H,17,18). The molecule has 3 nitrogen and oxygen atoms in total. The van der Waals surface area contributed by atoms with Gasteiger partial charge in [-0.15, -0.1) is 0 Å². The number of nitrogens with two attached hydrogens (primary N) is 1. The minimum atomic E-state index is -0.314. The third-order valence-electron chi connectivity index (χ3n) is 4.49. The van der Waals surface area contributed by atoms with Crippen LogP contribution in [-0.4, -0.2) is 12.5 Å². The summed E-state index contributed by atoms with van der Waals surface area (Å²) in [5.74, 6) is 0.0857. The van der Waals surface area contributed by atoms with Crippen molar-refractivity contribution in [3.05, 3.63) is 28.8 Å². The fourth-order valence-corrected chi connectivity index (χ4v) is 2.47. The second-order valence-corrected chi connectivity index (χ2v) is 5.47. The first-order valence-electron chi connectivity index (χ1n) is 6.58. The Kier molecular flexibility index (Phi) is 3.44. The van der Waals surface area contributed by atoms with Gasteiger partial charge in [0, 0.05) is 12.2 Å². The number of aryl methyl sites for hydroxylation is 1. The van der Waals surface area contributed by atoms with Gasteiger partial charge in [-0.3, -0.25) is 4.79 Å². The number of carbonyl (C=O) groups is 1. The Morgan fingerprint density at radius 2 is 1.94 bits per heavy atom. The molecule has 18 heavy (non-hydrogen) atoms. The van der Waals surface area contributed by atoms with Gasteiger partial charge in [0.25, 0.3) is 0 Å². The number of hydrogen-bond acceptors (Lipinski definition) is 2. The van der Waals surface area contributed by atoms with Crippen molar-refractivity contribution in [2.24, 2.45) is 11.1 Å². The molecule has 0 heterocycles. The number of benzene rings is 1. The number of hydrogen-bond donors (Lipinski definition) is 2. The van der Waals surface area contributed by atoms with E-state index in [9.17, 15) is 4.79 Å². The zero-order chi connectivity index (χ0) is 13.3. The molecule has 1 aliphatic rings. The van der Waals surface area contributed by atoms with E-state index < -0.39 is 0 Å². The maximum absolute atomic E-state index is 12.3. The summed E-state index contributed by atoms with van der Waals surface area (Å²) in [5, 5.41) is 3.05.